The predicted octanol–water partition coefficient (Wildman–Crippen LogP) is -0.369. The molecular weight excluding hydrogens is 507 g/mol. The van der Waals surface area contributed by atoms with Crippen LogP contribution in [0.25, 0.3) is 11.2 Å². The molecule has 3 heterocycles. The van der Waals surface area contributed by atoms with Gasteiger partial charge < -0.3 is 30.0 Å². The number of fused-ring (bicyclic) bond motifs is 1. The minimum Gasteiger partial charge on any atom is -0.369 e. The van der Waals surface area contributed by atoms with Crippen molar-refractivity contribution in [1.29, 1.82) is 0 Å². The molecule has 0 aliphatic carbocycles. The van der Waals surface area contributed by atoms with Crippen LogP contribution in [0.1, 0.15) is 12.6 Å². The SMILES string of the molecule is Nc1nc2c(ncn2[C@H]2C[C@H](OP(=O)(O)OP(=O)(O)OP(=O)(O)O)[C@@H](CS)O2)c(=O)[nH]1. The van der Waals surface area contributed by atoms with E-state index in [2.05, 4.69) is 36.2 Å². The van der Waals surface area contributed by atoms with Gasteiger partial charge in [0.05, 0.1) is 12.4 Å². The van der Waals surface area contributed by atoms with E-state index in [0.29, 0.717) is 0 Å². The lowest BCUT2D eigenvalue weighted by Crippen LogP contribution is -2.25. The first kappa shape index (κ1) is 24.5. The molecule has 0 radical (unpaired) electrons. The van der Waals surface area contributed by atoms with Gasteiger partial charge in [-0.3, -0.25) is 18.9 Å². The Hall–Kier alpha value is -1.13. The van der Waals surface area contributed by atoms with E-state index in [4.69, 9.17) is 24.8 Å². The summed E-state index contributed by atoms with van der Waals surface area (Å²) in [6.07, 6.45) is -2.05. The third-order valence-electron chi connectivity index (χ3n) is 3.81. The zero-order chi connectivity index (χ0) is 23.2. The maximum absolute atomic E-state index is 12.1. The molecule has 21 heteroatoms. The molecule has 17 nitrogen and oxygen atoms in total. The number of thiol groups is 1. The van der Waals surface area contributed by atoms with E-state index in [1.807, 2.05) is 0 Å². The fourth-order valence-electron chi connectivity index (χ4n) is 2.77. The van der Waals surface area contributed by atoms with Crippen molar-refractivity contribution in [2.24, 2.45) is 0 Å². The van der Waals surface area contributed by atoms with Gasteiger partial charge in [-0.25, -0.2) is 18.7 Å². The highest BCUT2D eigenvalue weighted by Crippen LogP contribution is 2.67. The lowest BCUT2D eigenvalue weighted by molar-refractivity contribution is -0.00377. The average molecular weight is 523 g/mol. The molecule has 0 amide bonds. The summed E-state index contributed by atoms with van der Waals surface area (Å²) < 4.78 is 53.5. The number of ether oxygens (including phenoxy) is 1. The lowest BCUT2D eigenvalue weighted by Gasteiger charge is -2.21. The Kier molecular flexibility index (Phi) is 6.85. The zero-order valence-corrected chi connectivity index (χ0v) is 18.6. The van der Waals surface area contributed by atoms with Gasteiger partial charge in [-0.15, -0.1) is 0 Å². The van der Waals surface area contributed by atoms with Gasteiger partial charge in [0.15, 0.2) is 11.2 Å². The number of nitrogens with two attached hydrogens (primary N) is 1. The standard InChI is InChI=1S/C10H16N5O12P3S/c11-10-13-8-7(9(16)14-10)12-3-15(8)6-1-4(5(2-31)24-6)25-29(20,21)27-30(22,23)26-28(17,18)19/h3-6,31H,1-2H2,(H,20,21)(H,22,23)(H2,17,18,19)(H3,11,13,14,16)/t4-,5+,6+/m0/s1. The van der Waals surface area contributed by atoms with E-state index in [1.54, 1.807) is 0 Å². The van der Waals surface area contributed by atoms with Crippen molar-refractivity contribution >= 4 is 53.2 Å². The molecule has 0 aromatic carbocycles. The van der Waals surface area contributed by atoms with Crippen molar-refractivity contribution in [2.45, 2.75) is 24.9 Å². The van der Waals surface area contributed by atoms with Crippen LogP contribution in [0, 0.1) is 0 Å². The van der Waals surface area contributed by atoms with Crippen LogP contribution in [0.15, 0.2) is 11.1 Å². The van der Waals surface area contributed by atoms with E-state index in [-0.39, 0.29) is 29.3 Å². The molecule has 3 rings (SSSR count). The van der Waals surface area contributed by atoms with Crippen LogP contribution in [0.3, 0.4) is 0 Å². The molecule has 5 atom stereocenters. The molecule has 2 unspecified atom stereocenters. The molecule has 1 aliphatic heterocycles. The van der Waals surface area contributed by atoms with E-state index < -0.39 is 47.5 Å². The molecular formula is C10H16N5O12P3S. The third-order valence-corrected chi connectivity index (χ3v) is 8.03. The normalized spacial score (nSPS) is 26.0. The van der Waals surface area contributed by atoms with Gasteiger partial charge in [0.1, 0.15) is 12.3 Å². The van der Waals surface area contributed by atoms with E-state index in [9.17, 15) is 28.3 Å². The molecule has 1 saturated heterocycles. The first-order chi connectivity index (χ1) is 14.2. The molecule has 1 fully saturated rings. The minimum absolute atomic E-state index is 0.0419. The van der Waals surface area contributed by atoms with Crippen LogP contribution in [0.5, 0.6) is 0 Å². The van der Waals surface area contributed by atoms with Gasteiger partial charge in [0.2, 0.25) is 5.95 Å². The van der Waals surface area contributed by atoms with Gasteiger partial charge in [0.25, 0.3) is 5.56 Å². The number of imidazole rings is 1. The molecule has 0 spiro atoms. The quantitative estimate of drug-likeness (QED) is 0.172. The number of nitrogens with zero attached hydrogens (tertiary/aromatic N) is 3. The molecule has 0 saturated carbocycles. The smallest absolute Gasteiger partial charge is 0.369 e. The summed E-state index contributed by atoms with van der Waals surface area (Å²) in [4.78, 5) is 58.2. The number of hydrogen-bond donors (Lipinski definition) is 7. The van der Waals surface area contributed by atoms with Crippen LogP contribution in [-0.2, 0) is 31.6 Å². The van der Waals surface area contributed by atoms with Gasteiger partial charge in [0, 0.05) is 12.2 Å². The Morgan fingerprint density at radius 3 is 2.55 bits per heavy atom. The molecule has 2 aromatic rings. The van der Waals surface area contributed by atoms with Crippen molar-refractivity contribution in [2.75, 3.05) is 11.5 Å². The number of anilines is 1. The maximum Gasteiger partial charge on any atom is 0.490 e. The third kappa shape index (κ3) is 6.01. The van der Waals surface area contributed by atoms with Crippen molar-refractivity contribution in [3.05, 3.63) is 16.7 Å². The fraction of sp³-hybridized carbons (Fsp3) is 0.500. The van der Waals surface area contributed by atoms with Crippen LogP contribution >= 0.6 is 36.1 Å². The number of nitrogen functional groups attached to an aromatic ring is 1. The van der Waals surface area contributed by atoms with Crippen LogP contribution in [0.4, 0.5) is 5.95 Å². The summed E-state index contributed by atoms with van der Waals surface area (Å²) in [5.41, 5.74) is 4.94. The van der Waals surface area contributed by atoms with Gasteiger partial charge >= 0.3 is 23.5 Å². The van der Waals surface area contributed by atoms with Crippen LogP contribution in [0.2, 0.25) is 0 Å². The Balaban J connectivity index is 1.79. The topological polar surface area (TPSA) is 259 Å². The monoisotopic (exact) mass is 523 g/mol. The Morgan fingerprint density at radius 2 is 1.94 bits per heavy atom. The van der Waals surface area contributed by atoms with Gasteiger partial charge in [-0.1, -0.05) is 0 Å². The maximum atomic E-state index is 12.1. The first-order valence-electron chi connectivity index (χ1n) is 8.00. The highest BCUT2D eigenvalue weighted by Gasteiger charge is 2.46. The summed E-state index contributed by atoms with van der Waals surface area (Å²) in [5, 5.41) is 0. The summed E-state index contributed by atoms with van der Waals surface area (Å²) in [7, 11) is -16.6. The Morgan fingerprint density at radius 1 is 1.26 bits per heavy atom. The number of phosphoric ester groups is 1. The highest BCUT2D eigenvalue weighted by atomic mass is 32.1. The number of H-pyrrole nitrogens is 1. The summed E-state index contributed by atoms with van der Waals surface area (Å²) in [5.74, 6) is -0.229. The second-order valence-corrected chi connectivity index (χ2v) is 10.8. The number of rotatable bonds is 8. The van der Waals surface area contributed by atoms with Crippen molar-refractivity contribution < 1.29 is 51.2 Å². The number of phosphoric acid groups is 3. The number of hydrogen-bond acceptors (Lipinski definition) is 12. The minimum atomic E-state index is -5.67. The Labute approximate surface area is 177 Å². The molecule has 7 N–H and O–H groups in total. The first-order valence-corrected chi connectivity index (χ1v) is 13.2. The fourth-order valence-corrected chi connectivity index (χ4v) is 6.32. The average Bonchev–Trinajstić information content (AvgIpc) is 3.14. The number of aromatic nitrogens is 4. The zero-order valence-electron chi connectivity index (χ0n) is 15.0. The largest absolute Gasteiger partial charge is 0.490 e. The molecule has 2 aromatic heterocycles. The second-order valence-electron chi connectivity index (χ2n) is 6.06. The van der Waals surface area contributed by atoms with E-state index >= 15 is 0 Å². The van der Waals surface area contributed by atoms with Gasteiger partial charge in [-0.05, 0) is 0 Å². The van der Waals surface area contributed by atoms with Crippen molar-refractivity contribution in [1.82, 2.24) is 19.5 Å². The lowest BCUT2D eigenvalue weighted by atomic mass is 10.2. The summed E-state index contributed by atoms with van der Waals surface area (Å²) in [6.45, 7) is 0. The van der Waals surface area contributed by atoms with E-state index in [0.717, 1.165) is 0 Å². The number of aromatic amines is 1. The van der Waals surface area contributed by atoms with Crippen molar-refractivity contribution in [3.63, 3.8) is 0 Å². The second kappa shape index (κ2) is 8.67. The van der Waals surface area contributed by atoms with Gasteiger partial charge in [-0.2, -0.15) is 26.2 Å². The summed E-state index contributed by atoms with van der Waals surface area (Å²) in [6, 6.07) is 0. The summed E-state index contributed by atoms with van der Waals surface area (Å²) >= 11 is 4.05. The molecule has 1 aliphatic rings. The Bertz CT molecular complexity index is 1180. The molecule has 31 heavy (non-hydrogen) atoms. The molecule has 0 bridgehead atoms. The van der Waals surface area contributed by atoms with Crippen LogP contribution in [-0.4, -0.2) is 57.1 Å². The van der Waals surface area contributed by atoms with Crippen LogP contribution < -0.4 is 11.3 Å². The van der Waals surface area contributed by atoms with E-state index in [1.165, 1.54) is 10.9 Å². The highest BCUT2D eigenvalue weighted by molar-refractivity contribution is 7.80. The number of nitrogens with one attached hydrogen (secondary N) is 1. The predicted molar refractivity (Wildman–Crippen MR) is 104 cm³/mol. The molecule has 174 valence electrons. The van der Waals surface area contributed by atoms with Crippen molar-refractivity contribution in [3.8, 4) is 0 Å².